The molecule has 0 saturated carbocycles. The Morgan fingerprint density at radius 1 is 1.08 bits per heavy atom. The van der Waals surface area contributed by atoms with E-state index in [1.165, 1.54) is 0 Å². The lowest BCUT2D eigenvalue weighted by Gasteiger charge is -2.28. The van der Waals surface area contributed by atoms with E-state index in [0.29, 0.717) is 25.6 Å². The fraction of sp³-hybridized carbons (Fsp3) is 0.714. The fourth-order valence-corrected chi connectivity index (χ4v) is 3.07. The van der Waals surface area contributed by atoms with Crippen molar-refractivity contribution in [1.82, 2.24) is 0 Å². The number of ether oxygens (including phenoxy) is 3. The zero-order valence-corrected chi connectivity index (χ0v) is 17.0. The summed E-state index contributed by atoms with van der Waals surface area (Å²) in [7, 11) is 0. The fourth-order valence-electron chi connectivity index (χ4n) is 3.07. The van der Waals surface area contributed by atoms with E-state index < -0.39 is 5.79 Å². The number of hydrogen-bond donors (Lipinski definition) is 1. The minimum atomic E-state index is -0.522. The molecule has 2 rings (SSSR count). The van der Waals surface area contributed by atoms with Crippen LogP contribution in [0, 0.1) is 0 Å². The van der Waals surface area contributed by atoms with Crippen LogP contribution in [0.3, 0.4) is 0 Å². The zero-order chi connectivity index (χ0) is 19.0. The third-order valence-electron chi connectivity index (χ3n) is 4.43. The monoisotopic (exact) mass is 350 g/mol. The van der Waals surface area contributed by atoms with E-state index in [9.17, 15) is 5.11 Å². The molecule has 0 radical (unpaired) electrons. The van der Waals surface area contributed by atoms with Crippen molar-refractivity contribution in [3.05, 3.63) is 28.8 Å². The molecule has 1 fully saturated rings. The van der Waals surface area contributed by atoms with Crippen molar-refractivity contribution < 1.29 is 19.3 Å². The van der Waals surface area contributed by atoms with Crippen molar-refractivity contribution in [2.75, 3.05) is 13.2 Å². The van der Waals surface area contributed by atoms with Gasteiger partial charge in [0.25, 0.3) is 0 Å². The Kier molecular flexibility index (Phi) is 5.58. The smallest absolute Gasteiger partial charge is 0.163 e. The molecule has 1 N–H and O–H groups in total. The lowest BCUT2D eigenvalue weighted by atomic mass is 9.78. The topological polar surface area (TPSA) is 47.9 Å². The van der Waals surface area contributed by atoms with Gasteiger partial charge in [0.05, 0.1) is 19.8 Å². The van der Waals surface area contributed by atoms with Crippen LogP contribution in [0.25, 0.3) is 0 Å². The molecular formula is C21H34O4. The van der Waals surface area contributed by atoms with E-state index in [1.54, 1.807) is 0 Å². The Hall–Kier alpha value is -1.10. The van der Waals surface area contributed by atoms with Gasteiger partial charge in [-0.2, -0.15) is 0 Å². The van der Waals surface area contributed by atoms with E-state index >= 15 is 0 Å². The number of aromatic hydroxyl groups is 1. The summed E-state index contributed by atoms with van der Waals surface area (Å²) in [6.45, 7) is 18.1. The number of rotatable bonds is 4. The number of hydrogen-bond acceptors (Lipinski definition) is 4. The quantitative estimate of drug-likeness (QED) is 0.858. The van der Waals surface area contributed by atoms with Crippen LogP contribution in [0.5, 0.6) is 5.75 Å². The van der Waals surface area contributed by atoms with Gasteiger partial charge >= 0.3 is 0 Å². The molecule has 1 saturated heterocycles. The van der Waals surface area contributed by atoms with E-state index in [1.807, 2.05) is 13.8 Å². The second-order valence-corrected chi connectivity index (χ2v) is 9.51. The average molecular weight is 350 g/mol. The first-order valence-corrected chi connectivity index (χ1v) is 9.06. The van der Waals surface area contributed by atoms with Crippen LogP contribution in [0.2, 0.25) is 0 Å². The summed E-state index contributed by atoms with van der Waals surface area (Å²) in [5.41, 5.74) is 2.73. The molecule has 1 aromatic rings. The lowest BCUT2D eigenvalue weighted by molar-refractivity contribution is -0.145. The molecular weight excluding hydrogens is 316 g/mol. The van der Waals surface area contributed by atoms with Gasteiger partial charge in [-0.05, 0) is 53.5 Å². The second-order valence-electron chi connectivity index (χ2n) is 9.51. The summed E-state index contributed by atoms with van der Waals surface area (Å²) in [6, 6.07) is 4.11. The second kappa shape index (κ2) is 6.90. The largest absolute Gasteiger partial charge is 0.507 e. The molecule has 1 aliphatic heterocycles. The third kappa shape index (κ3) is 5.19. The van der Waals surface area contributed by atoms with E-state index in [2.05, 4.69) is 53.7 Å². The highest BCUT2D eigenvalue weighted by Gasteiger charge is 2.32. The third-order valence-corrected chi connectivity index (χ3v) is 4.43. The highest BCUT2D eigenvalue weighted by Crippen LogP contribution is 2.39. The molecule has 0 aromatic heterocycles. The van der Waals surface area contributed by atoms with Crippen LogP contribution >= 0.6 is 0 Å². The van der Waals surface area contributed by atoms with Crippen molar-refractivity contribution in [3.8, 4) is 5.75 Å². The molecule has 1 aliphatic rings. The first-order chi connectivity index (χ1) is 11.3. The first kappa shape index (κ1) is 20.2. The Balaban J connectivity index is 2.15. The van der Waals surface area contributed by atoms with Gasteiger partial charge in [-0.15, -0.1) is 0 Å². The molecule has 4 nitrogen and oxygen atoms in total. The molecule has 0 aliphatic carbocycles. The molecule has 1 aromatic carbocycles. The standard InChI is InChI=1S/C21H34O4/c1-19(2,3)16-9-14(10-17(18(16)22)20(4,5)6)11-23-12-15-13-24-21(7,8)25-15/h9-10,15,22H,11-13H2,1-8H3/t15-/m1/s1. The van der Waals surface area contributed by atoms with Crippen LogP contribution < -0.4 is 0 Å². The number of phenols is 1. The van der Waals surface area contributed by atoms with Gasteiger partial charge in [0.15, 0.2) is 5.79 Å². The molecule has 25 heavy (non-hydrogen) atoms. The maximum absolute atomic E-state index is 10.8. The molecule has 0 bridgehead atoms. The Bertz CT molecular complexity index is 570. The Morgan fingerprint density at radius 3 is 2.00 bits per heavy atom. The van der Waals surface area contributed by atoms with Gasteiger partial charge in [-0.3, -0.25) is 0 Å². The van der Waals surface area contributed by atoms with Crippen LogP contribution in [0.15, 0.2) is 12.1 Å². The highest BCUT2D eigenvalue weighted by molar-refractivity contribution is 5.49. The van der Waals surface area contributed by atoms with Crippen molar-refractivity contribution in [2.45, 2.75) is 84.7 Å². The molecule has 1 atom stereocenters. The summed E-state index contributed by atoms with van der Waals surface area (Å²) in [5, 5.41) is 10.8. The SMILES string of the molecule is CC1(C)OC[C@@H](COCc2cc(C(C)(C)C)c(O)c(C(C)(C)C)c2)O1. The van der Waals surface area contributed by atoms with Gasteiger partial charge in [0, 0.05) is 0 Å². The van der Waals surface area contributed by atoms with Crippen molar-refractivity contribution in [2.24, 2.45) is 0 Å². The molecule has 0 amide bonds. The summed E-state index contributed by atoms with van der Waals surface area (Å²) in [5.74, 6) is -0.121. The van der Waals surface area contributed by atoms with Gasteiger partial charge in [-0.25, -0.2) is 0 Å². The highest BCUT2D eigenvalue weighted by atomic mass is 16.7. The van der Waals surface area contributed by atoms with Crippen molar-refractivity contribution >= 4 is 0 Å². The predicted octanol–water partition coefficient (Wildman–Crippen LogP) is 4.66. The molecule has 4 heteroatoms. The predicted molar refractivity (Wildman–Crippen MR) is 100 cm³/mol. The minimum absolute atomic E-state index is 0.0312. The van der Waals surface area contributed by atoms with Crippen molar-refractivity contribution in [1.29, 1.82) is 0 Å². The molecule has 142 valence electrons. The normalized spacial score (nSPS) is 20.9. The van der Waals surface area contributed by atoms with Crippen LogP contribution in [-0.2, 0) is 31.6 Å². The van der Waals surface area contributed by atoms with Gasteiger partial charge in [0.2, 0.25) is 0 Å². The maximum atomic E-state index is 10.8. The summed E-state index contributed by atoms with van der Waals surface area (Å²) >= 11 is 0. The van der Waals surface area contributed by atoms with Crippen LogP contribution in [0.4, 0.5) is 0 Å². The summed E-state index contributed by atoms with van der Waals surface area (Å²) in [4.78, 5) is 0. The lowest BCUT2D eigenvalue weighted by Crippen LogP contribution is -2.24. The average Bonchev–Trinajstić information content (AvgIpc) is 2.77. The minimum Gasteiger partial charge on any atom is -0.507 e. The van der Waals surface area contributed by atoms with E-state index in [4.69, 9.17) is 14.2 Å². The van der Waals surface area contributed by atoms with Crippen LogP contribution in [-0.4, -0.2) is 30.2 Å². The van der Waals surface area contributed by atoms with Crippen LogP contribution in [0.1, 0.15) is 72.1 Å². The molecule has 0 unspecified atom stereocenters. The summed E-state index contributed by atoms with van der Waals surface area (Å²) < 4.78 is 17.2. The number of benzene rings is 1. The van der Waals surface area contributed by atoms with E-state index in [-0.39, 0.29) is 16.9 Å². The summed E-state index contributed by atoms with van der Waals surface area (Å²) in [6.07, 6.45) is -0.0312. The Morgan fingerprint density at radius 2 is 1.60 bits per heavy atom. The molecule has 0 spiro atoms. The Labute approximate surface area is 152 Å². The first-order valence-electron chi connectivity index (χ1n) is 9.06. The number of phenolic OH excluding ortho intramolecular Hbond substituents is 1. The maximum Gasteiger partial charge on any atom is 0.163 e. The van der Waals surface area contributed by atoms with Crippen molar-refractivity contribution in [3.63, 3.8) is 0 Å². The zero-order valence-electron chi connectivity index (χ0n) is 17.0. The van der Waals surface area contributed by atoms with E-state index in [0.717, 1.165) is 16.7 Å². The molecule has 1 heterocycles. The van der Waals surface area contributed by atoms with Gasteiger partial charge in [-0.1, -0.05) is 41.5 Å². The van der Waals surface area contributed by atoms with Gasteiger partial charge in [0.1, 0.15) is 11.9 Å². The van der Waals surface area contributed by atoms with Gasteiger partial charge < -0.3 is 19.3 Å².